The van der Waals surface area contributed by atoms with Crippen molar-refractivity contribution in [2.75, 3.05) is 39.8 Å². The number of hydrogen-bond acceptors (Lipinski definition) is 4. The maximum Gasteiger partial charge on any atom is 0.409 e. The van der Waals surface area contributed by atoms with Crippen LogP contribution in [0.25, 0.3) is 0 Å². The minimum absolute atomic E-state index is 0.0000308. The zero-order valence-electron chi connectivity index (χ0n) is 15.1. The van der Waals surface area contributed by atoms with E-state index >= 15 is 0 Å². The Balaban J connectivity index is 1.60. The van der Waals surface area contributed by atoms with Gasteiger partial charge in [0.2, 0.25) is 0 Å². The Bertz CT molecular complexity index is 419. The molecule has 0 radical (unpaired) electrons. The first-order valence-corrected chi connectivity index (χ1v) is 9.21. The Labute approximate surface area is 145 Å². The van der Waals surface area contributed by atoms with Crippen molar-refractivity contribution < 1.29 is 14.3 Å². The maximum absolute atomic E-state index is 12.0. The number of hydrogen-bond donors (Lipinski definition) is 2. The van der Waals surface area contributed by atoms with E-state index in [1.165, 1.54) is 32.9 Å². The van der Waals surface area contributed by atoms with Crippen LogP contribution in [-0.4, -0.2) is 73.8 Å². The number of amides is 3. The van der Waals surface area contributed by atoms with Crippen LogP contribution in [0.5, 0.6) is 0 Å². The number of nitrogens with zero attached hydrogens (tertiary/aromatic N) is 2. The molecule has 24 heavy (non-hydrogen) atoms. The minimum Gasteiger partial charge on any atom is -0.453 e. The Morgan fingerprint density at radius 2 is 2.00 bits per heavy atom. The van der Waals surface area contributed by atoms with Crippen molar-refractivity contribution >= 4 is 12.1 Å². The highest BCUT2D eigenvalue weighted by molar-refractivity contribution is 5.74. The summed E-state index contributed by atoms with van der Waals surface area (Å²) in [6.45, 7) is 6.41. The lowest BCUT2D eigenvalue weighted by Gasteiger charge is -2.33. The first kappa shape index (κ1) is 18.8. The molecule has 2 fully saturated rings. The van der Waals surface area contributed by atoms with Crippen molar-refractivity contribution in [1.29, 1.82) is 0 Å². The van der Waals surface area contributed by atoms with Gasteiger partial charge in [0.25, 0.3) is 0 Å². The molecule has 7 nitrogen and oxygen atoms in total. The molecule has 2 saturated heterocycles. The molecule has 0 saturated carbocycles. The number of carbonyl (C=O) groups excluding carboxylic acids is 2. The molecule has 2 rings (SSSR count). The summed E-state index contributed by atoms with van der Waals surface area (Å²) in [6, 6.07) is 0.525. The highest BCUT2D eigenvalue weighted by Gasteiger charge is 2.25. The molecule has 7 heteroatoms. The van der Waals surface area contributed by atoms with Gasteiger partial charge in [0, 0.05) is 38.3 Å². The van der Waals surface area contributed by atoms with Gasteiger partial charge in [-0.15, -0.1) is 0 Å². The first-order valence-electron chi connectivity index (χ1n) is 9.21. The highest BCUT2D eigenvalue weighted by Crippen LogP contribution is 2.16. The number of rotatable bonds is 5. The lowest BCUT2D eigenvalue weighted by atomic mass is 10.0. The molecule has 3 amide bonds. The van der Waals surface area contributed by atoms with Crippen molar-refractivity contribution in [2.45, 2.75) is 57.5 Å². The first-order chi connectivity index (χ1) is 11.6. The van der Waals surface area contributed by atoms with Crippen molar-refractivity contribution in [3.05, 3.63) is 0 Å². The molecule has 2 aliphatic rings. The van der Waals surface area contributed by atoms with Gasteiger partial charge in [0.1, 0.15) is 0 Å². The molecule has 0 aromatic heterocycles. The summed E-state index contributed by atoms with van der Waals surface area (Å²) in [5, 5.41) is 5.89. The van der Waals surface area contributed by atoms with Gasteiger partial charge in [-0.05, 0) is 45.6 Å². The summed E-state index contributed by atoms with van der Waals surface area (Å²) in [7, 11) is 1.38. The lowest BCUT2D eigenvalue weighted by Crippen LogP contribution is -2.52. The second-order valence-corrected chi connectivity index (χ2v) is 6.89. The third-order valence-electron chi connectivity index (χ3n) is 5.04. The van der Waals surface area contributed by atoms with E-state index < -0.39 is 0 Å². The summed E-state index contributed by atoms with van der Waals surface area (Å²) in [4.78, 5) is 27.7. The van der Waals surface area contributed by atoms with Crippen LogP contribution < -0.4 is 10.6 Å². The molecular weight excluding hydrogens is 308 g/mol. The van der Waals surface area contributed by atoms with Gasteiger partial charge in [0.05, 0.1) is 7.11 Å². The largest absolute Gasteiger partial charge is 0.453 e. The van der Waals surface area contributed by atoms with Crippen molar-refractivity contribution in [2.24, 2.45) is 0 Å². The van der Waals surface area contributed by atoms with Gasteiger partial charge in [-0.3, -0.25) is 0 Å². The molecule has 138 valence electrons. The zero-order valence-corrected chi connectivity index (χ0v) is 15.1. The van der Waals surface area contributed by atoms with Crippen LogP contribution in [0.4, 0.5) is 9.59 Å². The molecule has 0 spiro atoms. The summed E-state index contributed by atoms with van der Waals surface area (Å²) < 4.78 is 4.74. The molecule has 0 aromatic carbocycles. The monoisotopic (exact) mass is 340 g/mol. The summed E-state index contributed by atoms with van der Waals surface area (Å²) in [5.74, 6) is 0. The molecule has 0 aliphatic carbocycles. The number of ether oxygens (including phenoxy) is 1. The van der Waals surface area contributed by atoms with E-state index in [9.17, 15) is 9.59 Å². The molecule has 2 atom stereocenters. The van der Waals surface area contributed by atoms with Crippen LogP contribution in [-0.2, 0) is 4.74 Å². The minimum atomic E-state index is -0.322. The lowest BCUT2D eigenvalue weighted by molar-refractivity contribution is 0.108. The number of piperidine rings is 2. The van der Waals surface area contributed by atoms with Crippen molar-refractivity contribution in [3.63, 3.8) is 0 Å². The molecule has 2 heterocycles. The van der Waals surface area contributed by atoms with E-state index in [0.29, 0.717) is 25.7 Å². The second-order valence-electron chi connectivity index (χ2n) is 6.89. The fourth-order valence-electron chi connectivity index (χ4n) is 3.60. The Kier molecular flexibility index (Phi) is 7.62. The van der Waals surface area contributed by atoms with E-state index in [1.54, 1.807) is 4.90 Å². The van der Waals surface area contributed by atoms with Crippen LogP contribution in [0, 0.1) is 0 Å². The van der Waals surface area contributed by atoms with E-state index in [2.05, 4.69) is 22.5 Å². The molecular formula is C17H32N4O3. The van der Waals surface area contributed by atoms with Crippen LogP contribution in [0.3, 0.4) is 0 Å². The predicted molar refractivity (Wildman–Crippen MR) is 93.0 cm³/mol. The zero-order chi connectivity index (χ0) is 17.4. The van der Waals surface area contributed by atoms with Crippen molar-refractivity contribution in [1.82, 2.24) is 20.4 Å². The SMILES string of the molecule is COC(=O)N1CCCC(NC(=O)NCCCN2CCCCC2C)C1. The van der Waals surface area contributed by atoms with E-state index in [0.717, 1.165) is 25.8 Å². The second kappa shape index (κ2) is 9.71. The number of methoxy groups -OCH3 is 1. The van der Waals surface area contributed by atoms with Crippen LogP contribution >= 0.6 is 0 Å². The molecule has 2 aliphatic heterocycles. The summed E-state index contributed by atoms with van der Waals surface area (Å²) >= 11 is 0. The number of urea groups is 1. The fourth-order valence-corrected chi connectivity index (χ4v) is 3.60. The third kappa shape index (κ3) is 5.85. The third-order valence-corrected chi connectivity index (χ3v) is 5.04. The summed E-state index contributed by atoms with van der Waals surface area (Å²) in [5.41, 5.74) is 0. The van der Waals surface area contributed by atoms with E-state index in [1.807, 2.05) is 0 Å². The normalized spacial score (nSPS) is 25.2. The molecule has 0 bridgehead atoms. The van der Waals surface area contributed by atoms with Gasteiger partial charge >= 0.3 is 12.1 Å². The number of likely N-dealkylation sites (tertiary alicyclic amines) is 2. The Hall–Kier alpha value is -1.50. The predicted octanol–water partition coefficient (Wildman–Crippen LogP) is 1.78. The fraction of sp³-hybridized carbons (Fsp3) is 0.882. The van der Waals surface area contributed by atoms with Gasteiger partial charge in [0.15, 0.2) is 0 Å². The average molecular weight is 340 g/mol. The van der Waals surface area contributed by atoms with Gasteiger partial charge in [-0.25, -0.2) is 9.59 Å². The molecule has 2 N–H and O–H groups in total. The van der Waals surface area contributed by atoms with Crippen LogP contribution in [0.1, 0.15) is 45.4 Å². The van der Waals surface area contributed by atoms with E-state index in [-0.39, 0.29) is 18.2 Å². The highest BCUT2D eigenvalue weighted by atomic mass is 16.5. The summed E-state index contributed by atoms with van der Waals surface area (Å²) in [6.07, 6.45) is 6.33. The quantitative estimate of drug-likeness (QED) is 0.748. The van der Waals surface area contributed by atoms with Crippen LogP contribution in [0.2, 0.25) is 0 Å². The van der Waals surface area contributed by atoms with Crippen molar-refractivity contribution in [3.8, 4) is 0 Å². The van der Waals surface area contributed by atoms with E-state index in [4.69, 9.17) is 4.74 Å². The Morgan fingerprint density at radius 1 is 1.17 bits per heavy atom. The smallest absolute Gasteiger partial charge is 0.409 e. The maximum atomic E-state index is 12.0. The standard InChI is InChI=1S/C17H32N4O3/c1-14-7-3-4-10-20(14)12-6-9-18-16(22)19-15-8-5-11-21(13-15)17(23)24-2/h14-15H,3-13H2,1-2H3,(H2,18,19,22). The molecule has 2 unspecified atom stereocenters. The van der Waals surface area contributed by atoms with Gasteiger partial charge < -0.3 is 25.2 Å². The number of nitrogens with one attached hydrogen (secondary N) is 2. The van der Waals surface area contributed by atoms with Gasteiger partial charge in [-0.2, -0.15) is 0 Å². The number of carbonyl (C=O) groups is 2. The van der Waals surface area contributed by atoms with Crippen LogP contribution in [0.15, 0.2) is 0 Å². The average Bonchev–Trinajstić information content (AvgIpc) is 2.59. The van der Waals surface area contributed by atoms with Gasteiger partial charge in [-0.1, -0.05) is 6.42 Å². The topological polar surface area (TPSA) is 73.9 Å². The molecule has 0 aromatic rings. The Morgan fingerprint density at radius 3 is 2.75 bits per heavy atom.